The van der Waals surface area contributed by atoms with Crippen LogP contribution in [0.3, 0.4) is 0 Å². The normalized spacial score (nSPS) is 19.0. The van der Waals surface area contributed by atoms with E-state index in [2.05, 4.69) is 47.4 Å². The summed E-state index contributed by atoms with van der Waals surface area (Å²) in [7, 11) is 1.82. The van der Waals surface area contributed by atoms with Crippen LogP contribution in [0.1, 0.15) is 91.5 Å². The van der Waals surface area contributed by atoms with E-state index in [1.165, 1.54) is 55.2 Å². The van der Waals surface area contributed by atoms with Crippen LogP contribution in [0.25, 0.3) is 0 Å². The fraction of sp³-hybridized carbons (Fsp3) is 0.417. The minimum Gasteiger partial charge on any atom is -0.489 e. The largest absolute Gasteiger partial charge is 0.489 e. The molecule has 0 aliphatic heterocycles. The molecule has 4 aromatic rings. The van der Waals surface area contributed by atoms with Gasteiger partial charge in [0.2, 0.25) is 0 Å². The van der Waals surface area contributed by atoms with Crippen LogP contribution in [0.4, 0.5) is 0 Å². The van der Waals surface area contributed by atoms with Crippen LogP contribution < -0.4 is 4.74 Å². The number of ether oxygens (including phenoxy) is 3. The van der Waals surface area contributed by atoms with Crippen molar-refractivity contribution in [2.24, 2.45) is 0 Å². The lowest BCUT2D eigenvalue weighted by Gasteiger charge is -2.28. The summed E-state index contributed by atoms with van der Waals surface area (Å²) in [5, 5.41) is 0. The average molecular weight is 554 g/mol. The molecule has 0 unspecified atom stereocenters. The van der Waals surface area contributed by atoms with Gasteiger partial charge in [0, 0.05) is 13.0 Å². The number of aromatic nitrogens is 1. The van der Waals surface area contributed by atoms with E-state index in [9.17, 15) is 0 Å². The Kier molecular flexibility index (Phi) is 11.0. The summed E-state index contributed by atoms with van der Waals surface area (Å²) in [6.45, 7) is 1.73. The van der Waals surface area contributed by atoms with Crippen molar-refractivity contribution in [3.8, 4) is 5.75 Å². The number of benzene rings is 3. The topological polar surface area (TPSA) is 53.7 Å². The Morgan fingerprint density at radius 2 is 1.39 bits per heavy atom. The average Bonchev–Trinajstić information content (AvgIpc) is 3.75. The lowest BCUT2D eigenvalue weighted by molar-refractivity contribution is 0.0658. The molecular formula is C36H43NO4. The van der Waals surface area contributed by atoms with Gasteiger partial charge in [0.05, 0.1) is 18.9 Å². The summed E-state index contributed by atoms with van der Waals surface area (Å²) in [5.74, 6) is 3.87. The number of oxazole rings is 1. The first-order chi connectivity index (χ1) is 20.3. The van der Waals surface area contributed by atoms with Crippen molar-refractivity contribution in [1.82, 2.24) is 4.98 Å². The standard InChI is InChI=1S/C20H24O2.C16H19NO2/c1-21-19-12-10-17(11-13-19)18-8-5-9-20(14-18)22-15-16-6-3-2-4-7-16;1-2-6-13(7-3-1)11-18-12-15-10-17-16(19-15)14-8-4-5-9-14/h2-9,14,17,19H,10-13,15H2,1H3;1-3,6-7,10,14H,4-5,8-9,11-12H2. The Labute approximate surface area is 244 Å². The van der Waals surface area contributed by atoms with Crippen molar-refractivity contribution in [2.75, 3.05) is 7.11 Å². The highest BCUT2D eigenvalue weighted by Gasteiger charge is 2.23. The highest BCUT2D eigenvalue weighted by atomic mass is 16.5. The lowest BCUT2D eigenvalue weighted by Crippen LogP contribution is -2.19. The van der Waals surface area contributed by atoms with Gasteiger partial charge in [0.25, 0.3) is 0 Å². The molecule has 2 aliphatic carbocycles. The second-order valence-corrected chi connectivity index (χ2v) is 11.2. The molecule has 41 heavy (non-hydrogen) atoms. The van der Waals surface area contributed by atoms with Crippen LogP contribution in [0.15, 0.2) is 95.5 Å². The number of methoxy groups -OCH3 is 1. The fourth-order valence-electron chi connectivity index (χ4n) is 5.83. The van der Waals surface area contributed by atoms with E-state index >= 15 is 0 Å². The monoisotopic (exact) mass is 553 g/mol. The summed E-state index contributed by atoms with van der Waals surface area (Å²) in [5.41, 5.74) is 3.78. The van der Waals surface area contributed by atoms with Crippen molar-refractivity contribution in [3.63, 3.8) is 0 Å². The number of hydrogen-bond donors (Lipinski definition) is 0. The van der Waals surface area contributed by atoms with Crippen LogP contribution in [-0.2, 0) is 29.3 Å². The first-order valence-corrected chi connectivity index (χ1v) is 15.1. The first kappa shape index (κ1) is 29.1. The van der Waals surface area contributed by atoms with E-state index in [4.69, 9.17) is 18.6 Å². The third-order valence-corrected chi connectivity index (χ3v) is 8.22. The van der Waals surface area contributed by atoms with E-state index in [0.717, 1.165) is 30.2 Å². The molecule has 5 heteroatoms. The maximum atomic E-state index is 5.94. The molecule has 1 heterocycles. The van der Waals surface area contributed by atoms with Crippen molar-refractivity contribution in [1.29, 1.82) is 0 Å². The molecule has 0 amide bonds. The van der Waals surface area contributed by atoms with E-state index in [1.54, 1.807) is 6.20 Å². The van der Waals surface area contributed by atoms with Gasteiger partial charge in [-0.2, -0.15) is 0 Å². The van der Waals surface area contributed by atoms with E-state index < -0.39 is 0 Å². The van der Waals surface area contributed by atoms with E-state index in [-0.39, 0.29) is 0 Å². The Hall–Kier alpha value is -3.41. The van der Waals surface area contributed by atoms with Gasteiger partial charge in [-0.1, -0.05) is 85.6 Å². The zero-order valence-corrected chi connectivity index (χ0v) is 24.3. The molecule has 0 bridgehead atoms. The maximum absolute atomic E-state index is 5.94. The summed E-state index contributed by atoms with van der Waals surface area (Å²) >= 11 is 0. The highest BCUT2D eigenvalue weighted by molar-refractivity contribution is 5.31. The Bertz CT molecular complexity index is 1280. The molecule has 1 aromatic heterocycles. The van der Waals surface area contributed by atoms with Gasteiger partial charge in [-0.15, -0.1) is 0 Å². The highest BCUT2D eigenvalue weighted by Crippen LogP contribution is 2.35. The number of nitrogens with zero attached hydrogens (tertiary/aromatic N) is 1. The zero-order valence-electron chi connectivity index (χ0n) is 24.3. The summed E-state index contributed by atoms with van der Waals surface area (Å²) in [6, 6.07) is 29.1. The van der Waals surface area contributed by atoms with Crippen LogP contribution in [0.2, 0.25) is 0 Å². The molecule has 216 valence electrons. The molecular weight excluding hydrogens is 510 g/mol. The molecule has 2 fully saturated rings. The van der Waals surface area contributed by atoms with Crippen LogP contribution in [-0.4, -0.2) is 18.2 Å². The molecule has 0 spiro atoms. The molecule has 6 rings (SSSR count). The van der Waals surface area contributed by atoms with Gasteiger partial charge in [0.1, 0.15) is 24.7 Å². The lowest BCUT2D eigenvalue weighted by atomic mass is 9.83. The molecule has 5 nitrogen and oxygen atoms in total. The van der Waals surface area contributed by atoms with Crippen LogP contribution in [0, 0.1) is 0 Å². The van der Waals surface area contributed by atoms with Gasteiger partial charge >= 0.3 is 0 Å². The molecule has 2 aliphatic rings. The Morgan fingerprint density at radius 1 is 0.707 bits per heavy atom. The maximum Gasteiger partial charge on any atom is 0.197 e. The Balaban J connectivity index is 0.000000166. The first-order valence-electron chi connectivity index (χ1n) is 15.1. The van der Waals surface area contributed by atoms with Crippen molar-refractivity contribution in [3.05, 3.63) is 119 Å². The number of rotatable bonds is 10. The Morgan fingerprint density at radius 3 is 2.07 bits per heavy atom. The minimum absolute atomic E-state index is 0.453. The van der Waals surface area contributed by atoms with E-state index in [0.29, 0.717) is 37.8 Å². The molecule has 0 saturated heterocycles. The van der Waals surface area contributed by atoms with E-state index in [1.807, 2.05) is 49.6 Å². The predicted molar refractivity (Wildman–Crippen MR) is 162 cm³/mol. The second kappa shape index (κ2) is 15.6. The molecule has 2 saturated carbocycles. The van der Waals surface area contributed by atoms with Crippen LogP contribution in [0.5, 0.6) is 5.75 Å². The van der Waals surface area contributed by atoms with Crippen LogP contribution >= 0.6 is 0 Å². The predicted octanol–water partition coefficient (Wildman–Crippen LogP) is 8.99. The van der Waals surface area contributed by atoms with Gasteiger partial charge in [-0.3, -0.25) is 0 Å². The molecule has 0 radical (unpaired) electrons. The van der Waals surface area contributed by atoms with Gasteiger partial charge < -0.3 is 18.6 Å². The molecule has 0 atom stereocenters. The smallest absolute Gasteiger partial charge is 0.197 e. The van der Waals surface area contributed by atoms with Crippen molar-refractivity contribution < 1.29 is 18.6 Å². The minimum atomic E-state index is 0.453. The summed E-state index contributed by atoms with van der Waals surface area (Å²) < 4.78 is 22.8. The quantitative estimate of drug-likeness (QED) is 0.196. The molecule has 3 aromatic carbocycles. The fourth-order valence-corrected chi connectivity index (χ4v) is 5.83. The number of hydrogen-bond acceptors (Lipinski definition) is 5. The van der Waals surface area contributed by atoms with Gasteiger partial charge in [0.15, 0.2) is 5.89 Å². The van der Waals surface area contributed by atoms with Crippen molar-refractivity contribution >= 4 is 0 Å². The zero-order chi connectivity index (χ0) is 28.1. The molecule has 0 N–H and O–H groups in total. The second-order valence-electron chi connectivity index (χ2n) is 11.2. The van der Waals surface area contributed by atoms with Crippen molar-refractivity contribution in [2.45, 2.75) is 89.1 Å². The summed E-state index contributed by atoms with van der Waals surface area (Å²) in [4.78, 5) is 4.38. The summed E-state index contributed by atoms with van der Waals surface area (Å²) in [6.07, 6.45) is 12.0. The third-order valence-electron chi connectivity index (χ3n) is 8.22. The van der Waals surface area contributed by atoms with Gasteiger partial charge in [-0.25, -0.2) is 4.98 Å². The van der Waals surface area contributed by atoms with Gasteiger partial charge in [-0.05, 0) is 73.3 Å². The SMILES string of the molecule is COC1CCC(c2cccc(OCc3ccccc3)c2)CC1.c1ccc(COCc2cnc(C3CCCC3)o2)cc1. The third kappa shape index (κ3) is 9.04.